The molecule has 0 aromatic heterocycles. The smallest absolute Gasteiger partial charge is 0.166 e. The third kappa shape index (κ3) is 2.39. The molecule has 0 spiro atoms. The molecule has 1 aliphatic heterocycles. The molecule has 1 aromatic rings. The summed E-state index contributed by atoms with van der Waals surface area (Å²) in [7, 11) is 0. The quantitative estimate of drug-likeness (QED) is 0.792. The molecular formula is C13H14N2O2. The number of fused-ring (bicyclic) bond motifs is 1. The zero-order valence-electron chi connectivity index (χ0n) is 9.77. The number of carbonyl (C=O) groups is 1. The highest BCUT2D eigenvalue weighted by molar-refractivity contribution is 5.86. The second-order valence-electron chi connectivity index (χ2n) is 4.07. The Kier molecular flexibility index (Phi) is 3.29. The number of hydrogen-bond acceptors (Lipinski definition) is 4. The molecule has 1 aromatic carbocycles. The van der Waals surface area contributed by atoms with Crippen LogP contribution in [0.25, 0.3) is 0 Å². The molecule has 4 heteroatoms. The number of rotatable bonds is 3. The first-order valence-corrected chi connectivity index (χ1v) is 5.58. The van der Waals surface area contributed by atoms with Crippen LogP contribution in [0.2, 0.25) is 0 Å². The van der Waals surface area contributed by atoms with E-state index in [9.17, 15) is 4.79 Å². The number of ether oxygens (including phenoxy) is 1. The first kappa shape index (κ1) is 11.5. The van der Waals surface area contributed by atoms with Crippen molar-refractivity contribution in [3.05, 3.63) is 23.8 Å². The van der Waals surface area contributed by atoms with E-state index in [1.807, 2.05) is 36.1 Å². The van der Waals surface area contributed by atoms with E-state index in [1.165, 1.54) is 0 Å². The molecule has 0 aliphatic carbocycles. The summed E-state index contributed by atoms with van der Waals surface area (Å²) >= 11 is 0. The van der Waals surface area contributed by atoms with Crippen LogP contribution in [-0.4, -0.2) is 25.5 Å². The monoisotopic (exact) mass is 230 g/mol. The molecule has 17 heavy (non-hydrogen) atoms. The first-order chi connectivity index (χ1) is 8.22. The van der Waals surface area contributed by atoms with Gasteiger partial charge < -0.3 is 9.64 Å². The van der Waals surface area contributed by atoms with Crippen molar-refractivity contribution in [2.24, 2.45) is 0 Å². The molecule has 1 aliphatic rings. The number of para-hydroxylation sites is 1. The topological polar surface area (TPSA) is 53.3 Å². The molecule has 2 rings (SSSR count). The van der Waals surface area contributed by atoms with Crippen LogP contribution in [0.4, 0.5) is 5.69 Å². The van der Waals surface area contributed by atoms with Gasteiger partial charge in [-0.25, -0.2) is 0 Å². The van der Waals surface area contributed by atoms with E-state index in [0.717, 1.165) is 17.0 Å². The maximum Gasteiger partial charge on any atom is 0.166 e. The average molecular weight is 230 g/mol. The van der Waals surface area contributed by atoms with E-state index in [2.05, 4.69) is 0 Å². The molecule has 0 amide bonds. The van der Waals surface area contributed by atoms with Crippen LogP contribution in [0.15, 0.2) is 18.2 Å². The lowest BCUT2D eigenvalue weighted by molar-refractivity contribution is -0.116. The fourth-order valence-corrected chi connectivity index (χ4v) is 2.05. The lowest BCUT2D eigenvalue weighted by Gasteiger charge is -2.31. The molecule has 0 fully saturated rings. The van der Waals surface area contributed by atoms with Crippen molar-refractivity contribution in [2.75, 3.05) is 24.6 Å². The van der Waals surface area contributed by atoms with E-state index in [-0.39, 0.29) is 18.7 Å². The molecule has 0 saturated carbocycles. The van der Waals surface area contributed by atoms with Gasteiger partial charge in [0.05, 0.1) is 31.3 Å². The lowest BCUT2D eigenvalue weighted by atomic mass is 10.1. The molecule has 88 valence electrons. The van der Waals surface area contributed by atoms with Crippen LogP contribution in [-0.2, 0) is 4.79 Å². The number of hydrogen-bond donors (Lipinski definition) is 0. The second kappa shape index (κ2) is 4.88. The second-order valence-corrected chi connectivity index (χ2v) is 4.07. The lowest BCUT2D eigenvalue weighted by Crippen LogP contribution is -2.37. The van der Waals surface area contributed by atoms with Gasteiger partial charge in [-0.2, -0.15) is 5.26 Å². The van der Waals surface area contributed by atoms with Crippen molar-refractivity contribution in [1.29, 1.82) is 5.26 Å². The number of anilines is 1. The fraction of sp³-hybridized carbons (Fsp3) is 0.385. The SMILES string of the molecule is Cc1cccc2c1N(CC(=O)CC#N)CCO2. The number of ketones is 1. The van der Waals surface area contributed by atoms with Crippen LogP contribution in [0.3, 0.4) is 0 Å². The summed E-state index contributed by atoms with van der Waals surface area (Å²) in [6.45, 7) is 3.55. The standard InChI is InChI=1S/C13H14N2O2/c1-10-3-2-4-12-13(10)15(7-8-17-12)9-11(16)5-6-14/h2-4H,5,7-9H2,1H3. The van der Waals surface area contributed by atoms with Gasteiger partial charge in [0, 0.05) is 0 Å². The van der Waals surface area contributed by atoms with Crippen LogP contribution in [0.1, 0.15) is 12.0 Å². The van der Waals surface area contributed by atoms with E-state index < -0.39 is 0 Å². The molecule has 4 nitrogen and oxygen atoms in total. The Morgan fingerprint density at radius 3 is 3.18 bits per heavy atom. The summed E-state index contributed by atoms with van der Waals surface area (Å²) in [6, 6.07) is 7.73. The summed E-state index contributed by atoms with van der Waals surface area (Å²) in [5.74, 6) is 0.768. The van der Waals surface area contributed by atoms with Gasteiger partial charge in [-0.1, -0.05) is 12.1 Å². The fourth-order valence-electron chi connectivity index (χ4n) is 2.05. The van der Waals surface area contributed by atoms with Gasteiger partial charge in [0.25, 0.3) is 0 Å². The Morgan fingerprint density at radius 2 is 2.41 bits per heavy atom. The third-order valence-corrected chi connectivity index (χ3v) is 2.78. The van der Waals surface area contributed by atoms with Gasteiger partial charge in [-0.05, 0) is 18.6 Å². The minimum atomic E-state index is -0.0522. The number of Topliss-reactive ketones (excluding diaryl/α,β-unsaturated/α-hetero) is 1. The number of aryl methyl sites for hydroxylation is 1. The third-order valence-electron chi connectivity index (χ3n) is 2.78. The molecule has 0 bridgehead atoms. The molecular weight excluding hydrogens is 216 g/mol. The van der Waals surface area contributed by atoms with Crippen LogP contribution >= 0.6 is 0 Å². The van der Waals surface area contributed by atoms with Crippen LogP contribution < -0.4 is 9.64 Å². The van der Waals surface area contributed by atoms with Gasteiger partial charge in [0.2, 0.25) is 0 Å². The van der Waals surface area contributed by atoms with Crippen molar-refractivity contribution < 1.29 is 9.53 Å². The zero-order valence-corrected chi connectivity index (χ0v) is 9.77. The highest BCUT2D eigenvalue weighted by Gasteiger charge is 2.21. The van der Waals surface area contributed by atoms with E-state index in [0.29, 0.717) is 13.2 Å². The zero-order chi connectivity index (χ0) is 12.3. The number of nitriles is 1. The van der Waals surface area contributed by atoms with Crippen molar-refractivity contribution >= 4 is 11.5 Å². The maximum atomic E-state index is 11.5. The van der Waals surface area contributed by atoms with Crippen LogP contribution in [0, 0.1) is 18.3 Å². The van der Waals surface area contributed by atoms with Crippen molar-refractivity contribution in [1.82, 2.24) is 0 Å². The highest BCUT2D eigenvalue weighted by Crippen LogP contribution is 2.34. The molecule has 0 unspecified atom stereocenters. The summed E-state index contributed by atoms with van der Waals surface area (Å²) in [4.78, 5) is 13.5. The minimum Gasteiger partial charge on any atom is -0.490 e. The predicted molar refractivity (Wildman–Crippen MR) is 64.1 cm³/mol. The highest BCUT2D eigenvalue weighted by atomic mass is 16.5. The maximum absolute atomic E-state index is 11.5. The number of carbonyl (C=O) groups excluding carboxylic acids is 1. The van der Waals surface area contributed by atoms with Gasteiger partial charge in [-0.15, -0.1) is 0 Å². The Bertz CT molecular complexity index is 477. The number of benzene rings is 1. The Hall–Kier alpha value is -2.02. The summed E-state index contributed by atoms with van der Waals surface area (Å²) in [5.41, 5.74) is 2.07. The Labute approximate surface area is 100 Å². The van der Waals surface area contributed by atoms with Gasteiger partial charge >= 0.3 is 0 Å². The summed E-state index contributed by atoms with van der Waals surface area (Å²) < 4.78 is 5.56. The summed E-state index contributed by atoms with van der Waals surface area (Å²) in [5, 5.41) is 8.50. The number of nitrogens with zero attached hydrogens (tertiary/aromatic N) is 2. The Balaban J connectivity index is 2.23. The van der Waals surface area contributed by atoms with E-state index in [4.69, 9.17) is 10.00 Å². The van der Waals surface area contributed by atoms with Gasteiger partial charge in [0.15, 0.2) is 5.78 Å². The van der Waals surface area contributed by atoms with Crippen molar-refractivity contribution in [2.45, 2.75) is 13.3 Å². The van der Waals surface area contributed by atoms with Crippen LogP contribution in [0.5, 0.6) is 5.75 Å². The van der Waals surface area contributed by atoms with Gasteiger partial charge in [-0.3, -0.25) is 4.79 Å². The average Bonchev–Trinajstić information content (AvgIpc) is 2.29. The van der Waals surface area contributed by atoms with Gasteiger partial charge in [0.1, 0.15) is 12.4 Å². The minimum absolute atomic E-state index is 0.0292. The molecule has 0 N–H and O–H groups in total. The molecule has 0 radical (unpaired) electrons. The molecule has 0 atom stereocenters. The molecule has 0 saturated heterocycles. The van der Waals surface area contributed by atoms with Crippen molar-refractivity contribution in [3.8, 4) is 11.8 Å². The normalized spacial score (nSPS) is 13.5. The largest absolute Gasteiger partial charge is 0.490 e. The van der Waals surface area contributed by atoms with E-state index in [1.54, 1.807) is 0 Å². The Morgan fingerprint density at radius 1 is 1.59 bits per heavy atom. The first-order valence-electron chi connectivity index (χ1n) is 5.58. The summed E-state index contributed by atoms with van der Waals surface area (Å²) in [6.07, 6.45) is -0.0292. The van der Waals surface area contributed by atoms with E-state index >= 15 is 0 Å². The predicted octanol–water partition coefficient (Wildman–Crippen LogP) is 1.68. The molecule has 1 heterocycles. The van der Waals surface area contributed by atoms with Crippen molar-refractivity contribution in [3.63, 3.8) is 0 Å².